The van der Waals surface area contributed by atoms with Crippen LogP contribution in [-0.2, 0) is 20.7 Å². The summed E-state index contributed by atoms with van der Waals surface area (Å²) in [7, 11) is 0. The van der Waals surface area contributed by atoms with E-state index in [1.165, 1.54) is 0 Å². The third kappa shape index (κ3) is 4.60. The molecule has 1 aliphatic rings. The lowest BCUT2D eigenvalue weighted by Gasteiger charge is -2.18. The van der Waals surface area contributed by atoms with E-state index in [-0.39, 0.29) is 12.2 Å². The molecule has 0 aliphatic carbocycles. The van der Waals surface area contributed by atoms with Gasteiger partial charge >= 0.3 is 12.0 Å². The number of fused-ring (bicyclic) bond motifs is 1. The average Bonchev–Trinajstić information content (AvgIpc) is 2.76. The smallest absolute Gasteiger partial charge is 0.344 e. The molecule has 0 saturated carbocycles. The third-order valence-electron chi connectivity index (χ3n) is 3.03. The quantitative estimate of drug-likeness (QED) is 0.763. The van der Waals surface area contributed by atoms with E-state index in [2.05, 4.69) is 4.74 Å². The Morgan fingerprint density at radius 2 is 2.04 bits per heavy atom. The van der Waals surface area contributed by atoms with E-state index in [1.54, 1.807) is 11.4 Å². The first-order chi connectivity index (χ1) is 10.8. The van der Waals surface area contributed by atoms with Gasteiger partial charge in [0.25, 0.3) is 5.91 Å². The van der Waals surface area contributed by atoms with Crippen LogP contribution in [0.3, 0.4) is 0 Å². The van der Waals surface area contributed by atoms with Crippen LogP contribution in [-0.4, -0.2) is 36.7 Å². The highest BCUT2D eigenvalue weighted by Crippen LogP contribution is 2.41. The van der Waals surface area contributed by atoms with Crippen LogP contribution < -0.4 is 20.5 Å². The number of carbonyl (C=O) groups excluding carboxylic acids is 3. The lowest BCUT2D eigenvalue weighted by molar-refractivity contribution is -0.150. The number of para-hydroxylation sites is 1. The molecule has 1 aromatic carbocycles. The number of benzene rings is 1. The van der Waals surface area contributed by atoms with Gasteiger partial charge in [-0.05, 0) is 19.9 Å². The molecule has 1 aliphatic heterocycles. The molecule has 0 aromatic heterocycles. The standard InChI is InChI=1S/C15H18N2O6/c1-15(2)6-9-4-3-5-10(13(9)23-15)21-8-12(19)22-7-11(18)17-14(16)20/h3-5H,6-8H2,1-2H3,(H3,16,17,18,20). The molecule has 1 heterocycles. The molecule has 0 spiro atoms. The van der Waals surface area contributed by atoms with Crippen LogP contribution in [0.15, 0.2) is 18.2 Å². The summed E-state index contributed by atoms with van der Waals surface area (Å²) in [6.07, 6.45) is 0.747. The van der Waals surface area contributed by atoms with E-state index >= 15 is 0 Å². The number of urea groups is 1. The van der Waals surface area contributed by atoms with Crippen molar-refractivity contribution < 1.29 is 28.6 Å². The number of ether oxygens (including phenoxy) is 3. The molecule has 0 unspecified atom stereocenters. The van der Waals surface area contributed by atoms with Gasteiger partial charge in [-0.25, -0.2) is 9.59 Å². The molecule has 3 N–H and O–H groups in total. The topological polar surface area (TPSA) is 117 Å². The van der Waals surface area contributed by atoms with Crippen LogP contribution >= 0.6 is 0 Å². The van der Waals surface area contributed by atoms with E-state index < -0.39 is 24.5 Å². The summed E-state index contributed by atoms with van der Waals surface area (Å²) >= 11 is 0. The van der Waals surface area contributed by atoms with E-state index in [0.717, 1.165) is 12.0 Å². The van der Waals surface area contributed by atoms with Gasteiger partial charge in [0.1, 0.15) is 5.60 Å². The predicted molar refractivity (Wildman–Crippen MR) is 79.0 cm³/mol. The fourth-order valence-corrected chi connectivity index (χ4v) is 2.20. The van der Waals surface area contributed by atoms with E-state index in [4.69, 9.17) is 15.2 Å². The van der Waals surface area contributed by atoms with Crippen molar-refractivity contribution in [2.24, 2.45) is 5.73 Å². The largest absolute Gasteiger partial charge is 0.483 e. The SMILES string of the molecule is CC1(C)Cc2cccc(OCC(=O)OCC(=O)NC(N)=O)c2O1. The second-order valence-electron chi connectivity index (χ2n) is 5.64. The molecular weight excluding hydrogens is 304 g/mol. The zero-order valence-corrected chi connectivity index (χ0v) is 12.9. The zero-order valence-electron chi connectivity index (χ0n) is 12.9. The molecule has 0 saturated heterocycles. The van der Waals surface area contributed by atoms with Crippen LogP contribution in [0.2, 0.25) is 0 Å². The first-order valence-corrected chi connectivity index (χ1v) is 6.95. The summed E-state index contributed by atoms with van der Waals surface area (Å²) in [6.45, 7) is 2.93. The summed E-state index contributed by atoms with van der Waals surface area (Å²) in [5, 5.41) is 1.78. The minimum Gasteiger partial charge on any atom is -0.483 e. The van der Waals surface area contributed by atoms with Gasteiger partial charge in [-0.1, -0.05) is 12.1 Å². The van der Waals surface area contributed by atoms with Crippen molar-refractivity contribution in [3.05, 3.63) is 23.8 Å². The Balaban J connectivity index is 1.86. The molecule has 0 radical (unpaired) electrons. The fraction of sp³-hybridized carbons (Fsp3) is 0.400. The number of primary amides is 1. The number of nitrogens with two attached hydrogens (primary N) is 1. The Hall–Kier alpha value is -2.77. The maximum Gasteiger partial charge on any atom is 0.344 e. The van der Waals surface area contributed by atoms with Gasteiger partial charge in [0.15, 0.2) is 24.7 Å². The molecule has 3 amide bonds. The number of hydrogen-bond acceptors (Lipinski definition) is 6. The summed E-state index contributed by atoms with van der Waals surface area (Å²) in [4.78, 5) is 33.1. The van der Waals surface area contributed by atoms with Gasteiger partial charge in [-0.3, -0.25) is 10.1 Å². The maximum absolute atomic E-state index is 11.5. The summed E-state index contributed by atoms with van der Waals surface area (Å²) in [5.74, 6) is -0.514. The summed E-state index contributed by atoms with van der Waals surface area (Å²) < 4.78 is 15.9. The predicted octanol–water partition coefficient (Wildman–Crippen LogP) is 0.517. The van der Waals surface area contributed by atoms with Crippen LogP contribution in [0.25, 0.3) is 0 Å². The van der Waals surface area contributed by atoms with Crippen molar-refractivity contribution in [2.45, 2.75) is 25.9 Å². The second kappa shape index (κ2) is 6.55. The van der Waals surface area contributed by atoms with E-state index in [1.807, 2.05) is 26.0 Å². The van der Waals surface area contributed by atoms with Gasteiger partial charge < -0.3 is 19.9 Å². The minimum atomic E-state index is -1.01. The van der Waals surface area contributed by atoms with Crippen molar-refractivity contribution in [3.8, 4) is 11.5 Å². The van der Waals surface area contributed by atoms with Crippen LogP contribution in [0.5, 0.6) is 11.5 Å². The number of nitrogens with one attached hydrogen (secondary N) is 1. The first kappa shape index (κ1) is 16.6. The highest BCUT2D eigenvalue weighted by Gasteiger charge is 2.32. The Bertz CT molecular complexity index is 641. The van der Waals surface area contributed by atoms with Crippen molar-refractivity contribution in [1.29, 1.82) is 0 Å². The lowest BCUT2D eigenvalue weighted by Crippen LogP contribution is -2.38. The Morgan fingerprint density at radius 1 is 1.30 bits per heavy atom. The van der Waals surface area contributed by atoms with Gasteiger partial charge in [0.2, 0.25) is 0 Å². The zero-order chi connectivity index (χ0) is 17.0. The minimum absolute atomic E-state index is 0.324. The van der Waals surface area contributed by atoms with Gasteiger partial charge in [0.05, 0.1) is 0 Å². The molecule has 0 bridgehead atoms. The molecule has 0 fully saturated rings. The molecule has 2 rings (SSSR count). The average molecular weight is 322 g/mol. The van der Waals surface area contributed by atoms with Crippen LogP contribution in [0, 0.1) is 0 Å². The monoisotopic (exact) mass is 322 g/mol. The number of esters is 1. The molecule has 23 heavy (non-hydrogen) atoms. The van der Waals surface area contributed by atoms with E-state index in [0.29, 0.717) is 11.5 Å². The first-order valence-electron chi connectivity index (χ1n) is 6.95. The highest BCUT2D eigenvalue weighted by atomic mass is 16.6. The molecule has 1 aromatic rings. The van der Waals surface area contributed by atoms with Gasteiger partial charge in [-0.2, -0.15) is 0 Å². The van der Waals surface area contributed by atoms with E-state index in [9.17, 15) is 14.4 Å². The number of carbonyl (C=O) groups is 3. The fourth-order valence-electron chi connectivity index (χ4n) is 2.20. The van der Waals surface area contributed by atoms with Gasteiger partial charge in [-0.15, -0.1) is 0 Å². The molecule has 124 valence electrons. The van der Waals surface area contributed by atoms with Crippen molar-refractivity contribution in [3.63, 3.8) is 0 Å². The lowest BCUT2D eigenvalue weighted by atomic mass is 10.0. The molecule has 0 atom stereocenters. The number of rotatable bonds is 5. The molecule has 8 nitrogen and oxygen atoms in total. The Labute approximate surface area is 132 Å². The van der Waals surface area contributed by atoms with Crippen LogP contribution in [0.4, 0.5) is 4.79 Å². The van der Waals surface area contributed by atoms with Crippen molar-refractivity contribution in [2.75, 3.05) is 13.2 Å². The number of hydrogen-bond donors (Lipinski definition) is 2. The molecule has 8 heteroatoms. The summed E-state index contributed by atoms with van der Waals surface area (Å²) in [6, 6.07) is 4.42. The number of amides is 3. The van der Waals surface area contributed by atoms with Crippen LogP contribution in [0.1, 0.15) is 19.4 Å². The highest BCUT2D eigenvalue weighted by molar-refractivity contribution is 5.94. The Kier molecular flexibility index (Phi) is 4.73. The van der Waals surface area contributed by atoms with Crippen molar-refractivity contribution >= 4 is 17.9 Å². The Morgan fingerprint density at radius 3 is 2.74 bits per heavy atom. The van der Waals surface area contributed by atoms with Gasteiger partial charge in [0, 0.05) is 12.0 Å². The maximum atomic E-state index is 11.5. The normalized spacial score (nSPS) is 14.3. The summed E-state index contributed by atoms with van der Waals surface area (Å²) in [5.41, 5.74) is 5.44. The molecular formula is C15H18N2O6. The van der Waals surface area contributed by atoms with Crippen molar-refractivity contribution in [1.82, 2.24) is 5.32 Å². The number of imide groups is 1. The second-order valence-corrected chi connectivity index (χ2v) is 5.64. The third-order valence-corrected chi connectivity index (χ3v) is 3.03.